The number of benzene rings is 2. The first-order valence-corrected chi connectivity index (χ1v) is 13.9. The van der Waals surface area contributed by atoms with Crippen LogP contribution in [0.2, 0.25) is 0 Å². The van der Waals surface area contributed by atoms with Gasteiger partial charge in [-0.3, -0.25) is 14.6 Å². The van der Waals surface area contributed by atoms with E-state index < -0.39 is 34.9 Å². The molecule has 2 N–H and O–H groups in total. The number of nitrogens with zero attached hydrogens (tertiary/aromatic N) is 3. The molecule has 0 bridgehead atoms. The van der Waals surface area contributed by atoms with E-state index in [0.29, 0.717) is 49.2 Å². The maximum absolute atomic E-state index is 13.4. The number of hydrogen-bond donors (Lipinski definition) is 2. The maximum atomic E-state index is 13.4. The minimum absolute atomic E-state index is 0.0732. The van der Waals surface area contributed by atoms with Gasteiger partial charge in [-0.2, -0.15) is 13.2 Å². The predicted molar refractivity (Wildman–Crippen MR) is 151 cm³/mol. The second-order valence-electron chi connectivity index (χ2n) is 10.6. The zero-order valence-corrected chi connectivity index (χ0v) is 23.1. The number of aliphatic carboxylic acids is 1. The molecule has 1 amide bonds. The van der Waals surface area contributed by atoms with Crippen molar-refractivity contribution in [2.75, 3.05) is 0 Å². The van der Waals surface area contributed by atoms with E-state index in [4.69, 9.17) is 0 Å². The van der Waals surface area contributed by atoms with Gasteiger partial charge in [-0.25, -0.2) is 9.78 Å². The minimum atomic E-state index is -4.52. The number of ketones is 1. The van der Waals surface area contributed by atoms with Crippen molar-refractivity contribution in [1.82, 2.24) is 19.9 Å². The number of pyridine rings is 1. The number of amides is 1. The smallest absolute Gasteiger partial charge is 0.416 e. The number of carbonyl (C=O) groups is 3. The largest absolute Gasteiger partial charge is 0.480 e. The third kappa shape index (κ3) is 6.66. The van der Waals surface area contributed by atoms with E-state index in [1.165, 1.54) is 0 Å². The molecule has 0 saturated heterocycles. The normalized spacial score (nSPS) is 14.4. The molecule has 2 heterocycles. The summed E-state index contributed by atoms with van der Waals surface area (Å²) >= 11 is 0. The molecule has 222 valence electrons. The first-order valence-electron chi connectivity index (χ1n) is 13.9. The summed E-state index contributed by atoms with van der Waals surface area (Å²) in [5, 5.41) is 12.4. The monoisotopic (exact) mass is 590 g/mol. The Balaban J connectivity index is 1.32. The lowest BCUT2D eigenvalue weighted by molar-refractivity contribution is -0.144. The number of alkyl halides is 3. The lowest BCUT2D eigenvalue weighted by atomic mass is 9.97. The summed E-state index contributed by atoms with van der Waals surface area (Å²) in [5.41, 5.74) is 0.200. The van der Waals surface area contributed by atoms with Gasteiger partial charge < -0.3 is 15.0 Å². The Hall–Kier alpha value is -4.80. The highest BCUT2D eigenvalue weighted by molar-refractivity contribution is 6.07. The van der Waals surface area contributed by atoms with Crippen LogP contribution in [0.3, 0.4) is 0 Å². The molecule has 0 spiro atoms. The molecule has 0 radical (unpaired) electrons. The van der Waals surface area contributed by atoms with Crippen molar-refractivity contribution >= 4 is 17.7 Å². The molecule has 1 aliphatic carbocycles. The number of rotatable bonds is 10. The summed E-state index contributed by atoms with van der Waals surface area (Å²) in [6.07, 6.45) is 2.14. The molecule has 5 rings (SSSR count). The average Bonchev–Trinajstić information content (AvgIpc) is 3.65. The van der Waals surface area contributed by atoms with Crippen molar-refractivity contribution < 1.29 is 32.7 Å². The molecule has 11 heteroatoms. The summed E-state index contributed by atoms with van der Waals surface area (Å²) < 4.78 is 40.8. The van der Waals surface area contributed by atoms with Crippen LogP contribution in [0.15, 0.2) is 79.1 Å². The van der Waals surface area contributed by atoms with E-state index in [2.05, 4.69) is 15.3 Å². The van der Waals surface area contributed by atoms with Crippen LogP contribution in [0.5, 0.6) is 0 Å². The molecule has 8 nitrogen and oxygen atoms in total. The SMILES string of the molecule is O=C(NC1(C(=O)O)CCCC1)c1cccc(CCCn2cc(-c3ccccn3)nc2C(=O)c2ccc(C(F)(F)F)cc2)c1. The van der Waals surface area contributed by atoms with E-state index in [-0.39, 0.29) is 11.4 Å². The van der Waals surface area contributed by atoms with E-state index >= 15 is 0 Å². The molecule has 0 unspecified atom stereocenters. The summed E-state index contributed by atoms with van der Waals surface area (Å²) in [4.78, 5) is 46.9. The molecule has 0 aliphatic heterocycles. The van der Waals surface area contributed by atoms with Gasteiger partial charge in [-0.05, 0) is 67.6 Å². The van der Waals surface area contributed by atoms with Gasteiger partial charge in [0.05, 0.1) is 11.3 Å². The van der Waals surface area contributed by atoms with E-state index in [0.717, 1.165) is 42.7 Å². The van der Waals surface area contributed by atoms with Gasteiger partial charge in [0.2, 0.25) is 5.78 Å². The summed E-state index contributed by atoms with van der Waals surface area (Å²) in [6, 6.07) is 16.3. The van der Waals surface area contributed by atoms with Crippen LogP contribution in [0.1, 0.15) is 69.8 Å². The standard InChI is InChI=1S/C32H29F3N4O4/c33-32(34,35)24-13-11-22(12-14-24)27(40)28-37-26(25-10-1-4-17-36-25)20-39(28)18-6-8-21-7-5-9-23(19-21)29(41)38-31(30(42)43)15-2-3-16-31/h1,4-5,7,9-14,17,19-20H,2-3,6,8,15-16,18H2,(H,38,41)(H,42,43). The number of hydrogen-bond acceptors (Lipinski definition) is 5. The Morgan fingerprint density at radius 3 is 2.33 bits per heavy atom. The number of imidazole rings is 1. The van der Waals surface area contributed by atoms with Crippen molar-refractivity contribution in [3.05, 3.63) is 107 Å². The molecule has 0 atom stereocenters. The number of carboxylic acids is 1. The molecule has 1 saturated carbocycles. The second-order valence-corrected chi connectivity index (χ2v) is 10.6. The van der Waals surface area contributed by atoms with Crippen molar-refractivity contribution in [1.29, 1.82) is 0 Å². The quantitative estimate of drug-likeness (QED) is 0.221. The van der Waals surface area contributed by atoms with Gasteiger partial charge in [0.25, 0.3) is 5.91 Å². The Morgan fingerprint density at radius 2 is 1.67 bits per heavy atom. The van der Waals surface area contributed by atoms with Gasteiger partial charge in [0.15, 0.2) is 5.82 Å². The Kier molecular flexibility index (Phi) is 8.43. The zero-order valence-electron chi connectivity index (χ0n) is 23.1. The number of halogens is 3. The van der Waals surface area contributed by atoms with Crippen molar-refractivity contribution in [3.63, 3.8) is 0 Å². The fraction of sp³-hybridized carbons (Fsp3) is 0.281. The molecule has 2 aromatic carbocycles. The summed E-state index contributed by atoms with van der Waals surface area (Å²) in [7, 11) is 0. The average molecular weight is 591 g/mol. The van der Waals surface area contributed by atoms with Crippen LogP contribution >= 0.6 is 0 Å². The van der Waals surface area contributed by atoms with Crippen LogP contribution < -0.4 is 5.32 Å². The first-order chi connectivity index (χ1) is 20.6. The molecular weight excluding hydrogens is 561 g/mol. The van der Waals surface area contributed by atoms with Gasteiger partial charge in [-0.1, -0.05) is 43.2 Å². The van der Waals surface area contributed by atoms with Crippen LogP contribution in [0.4, 0.5) is 13.2 Å². The van der Waals surface area contributed by atoms with Gasteiger partial charge >= 0.3 is 12.1 Å². The highest BCUT2D eigenvalue weighted by Crippen LogP contribution is 2.31. The number of aromatic nitrogens is 3. The summed E-state index contributed by atoms with van der Waals surface area (Å²) in [6.45, 7) is 0.361. The third-order valence-corrected chi connectivity index (χ3v) is 7.65. The minimum Gasteiger partial charge on any atom is -0.480 e. The molecular formula is C32H29F3N4O4. The van der Waals surface area contributed by atoms with Gasteiger partial charge in [0.1, 0.15) is 11.2 Å². The van der Waals surface area contributed by atoms with Gasteiger partial charge in [-0.15, -0.1) is 0 Å². The fourth-order valence-corrected chi connectivity index (χ4v) is 5.33. The first kappa shape index (κ1) is 29.7. The molecule has 1 fully saturated rings. The van der Waals surface area contributed by atoms with E-state index in [9.17, 15) is 32.7 Å². The lowest BCUT2D eigenvalue weighted by Crippen LogP contribution is -2.52. The number of carbonyl (C=O) groups excluding carboxylic acids is 2. The molecule has 4 aromatic rings. The Morgan fingerprint density at radius 1 is 0.930 bits per heavy atom. The molecule has 43 heavy (non-hydrogen) atoms. The van der Waals surface area contributed by atoms with Gasteiger partial charge in [0, 0.05) is 30.1 Å². The zero-order chi connectivity index (χ0) is 30.6. The predicted octanol–water partition coefficient (Wildman–Crippen LogP) is 5.95. The van der Waals surface area contributed by atoms with Crippen molar-refractivity contribution in [2.24, 2.45) is 0 Å². The van der Waals surface area contributed by atoms with Crippen LogP contribution in [0, 0.1) is 0 Å². The number of carboxylic acid groups (broad SMARTS) is 1. The Labute approximate surface area is 245 Å². The Bertz CT molecular complexity index is 1630. The number of aryl methyl sites for hydroxylation is 2. The highest BCUT2D eigenvalue weighted by Gasteiger charge is 2.42. The molecule has 2 aromatic heterocycles. The van der Waals surface area contributed by atoms with Crippen molar-refractivity contribution in [3.8, 4) is 11.4 Å². The van der Waals surface area contributed by atoms with Crippen molar-refractivity contribution in [2.45, 2.75) is 56.8 Å². The molecule has 1 aliphatic rings. The lowest BCUT2D eigenvalue weighted by Gasteiger charge is -2.25. The number of nitrogens with one attached hydrogen (secondary N) is 1. The van der Waals surface area contributed by atoms with E-state index in [1.54, 1.807) is 53.4 Å². The van der Waals surface area contributed by atoms with E-state index in [1.807, 2.05) is 6.07 Å². The topological polar surface area (TPSA) is 114 Å². The van der Waals surface area contributed by atoms with Crippen LogP contribution in [0.25, 0.3) is 11.4 Å². The maximum Gasteiger partial charge on any atom is 0.416 e. The third-order valence-electron chi connectivity index (χ3n) is 7.65. The van der Waals surface area contributed by atoms with Crippen LogP contribution in [-0.2, 0) is 23.9 Å². The second kappa shape index (κ2) is 12.2. The highest BCUT2D eigenvalue weighted by atomic mass is 19.4. The summed E-state index contributed by atoms with van der Waals surface area (Å²) in [5.74, 6) is -1.91. The fourth-order valence-electron chi connectivity index (χ4n) is 5.33. The van der Waals surface area contributed by atoms with Crippen LogP contribution in [-0.4, -0.2) is 42.8 Å².